The number of rotatable bonds is 6. The lowest BCUT2D eigenvalue weighted by Gasteiger charge is -2.13. The van der Waals surface area contributed by atoms with Crippen LogP contribution in [0.5, 0.6) is 17.2 Å². The predicted octanol–water partition coefficient (Wildman–Crippen LogP) is 2.93. The summed E-state index contributed by atoms with van der Waals surface area (Å²) in [4.78, 5) is 13.3. The highest BCUT2D eigenvalue weighted by molar-refractivity contribution is 7.12. The third kappa shape index (κ3) is 3.81. The highest BCUT2D eigenvalue weighted by Gasteiger charge is 2.16. The van der Waals surface area contributed by atoms with Crippen LogP contribution in [0.2, 0.25) is 0 Å². The van der Waals surface area contributed by atoms with Crippen molar-refractivity contribution in [1.29, 1.82) is 0 Å². The van der Waals surface area contributed by atoms with E-state index in [1.807, 2.05) is 24.4 Å². The van der Waals surface area contributed by atoms with Crippen molar-refractivity contribution in [2.24, 2.45) is 5.10 Å². The van der Waals surface area contributed by atoms with Crippen LogP contribution in [0.3, 0.4) is 0 Å². The number of hydrogen-bond acceptors (Lipinski definition) is 6. The third-order valence-electron chi connectivity index (χ3n) is 3.13. The highest BCUT2D eigenvalue weighted by Crippen LogP contribution is 2.38. The van der Waals surface area contributed by atoms with E-state index in [2.05, 4.69) is 10.5 Å². The maximum absolute atomic E-state index is 12.3. The molecule has 0 aliphatic rings. The lowest BCUT2D eigenvalue weighted by atomic mass is 10.1. The minimum absolute atomic E-state index is 0.361. The first kappa shape index (κ1) is 16.8. The van der Waals surface area contributed by atoms with Gasteiger partial charge in [-0.25, -0.2) is 5.43 Å². The van der Waals surface area contributed by atoms with Gasteiger partial charge in [0.25, 0.3) is 5.91 Å². The molecule has 0 atom stereocenters. The fraction of sp³-hybridized carbons (Fsp3) is 0.250. The first-order valence-electron chi connectivity index (χ1n) is 6.79. The number of thiophene rings is 1. The number of amides is 1. The van der Waals surface area contributed by atoms with E-state index in [9.17, 15) is 4.79 Å². The Labute approximate surface area is 138 Å². The van der Waals surface area contributed by atoms with Gasteiger partial charge in [0, 0.05) is 10.4 Å². The topological polar surface area (TPSA) is 69.2 Å². The molecule has 0 aliphatic heterocycles. The molecule has 1 aromatic heterocycles. The summed E-state index contributed by atoms with van der Waals surface area (Å²) < 4.78 is 15.7. The Morgan fingerprint density at radius 1 is 1.13 bits per heavy atom. The van der Waals surface area contributed by atoms with Gasteiger partial charge in [-0.1, -0.05) is 6.07 Å². The van der Waals surface area contributed by atoms with Crippen LogP contribution in [-0.2, 0) is 0 Å². The molecule has 0 unspecified atom stereocenters. The molecule has 2 aromatic rings. The first-order valence-corrected chi connectivity index (χ1v) is 7.67. The minimum Gasteiger partial charge on any atom is -0.493 e. The van der Waals surface area contributed by atoms with Crippen LogP contribution >= 0.6 is 11.3 Å². The molecule has 1 amide bonds. The molecule has 0 saturated heterocycles. The van der Waals surface area contributed by atoms with Crippen molar-refractivity contribution >= 4 is 23.0 Å². The van der Waals surface area contributed by atoms with E-state index in [1.165, 1.54) is 21.3 Å². The van der Waals surface area contributed by atoms with Crippen molar-refractivity contribution in [3.63, 3.8) is 0 Å². The third-order valence-corrected chi connectivity index (χ3v) is 4.11. The van der Waals surface area contributed by atoms with E-state index < -0.39 is 0 Å². The molecule has 23 heavy (non-hydrogen) atoms. The summed E-state index contributed by atoms with van der Waals surface area (Å²) in [7, 11) is 4.50. The Morgan fingerprint density at radius 2 is 1.78 bits per heavy atom. The molecule has 0 aliphatic carbocycles. The minimum atomic E-state index is -0.361. The van der Waals surface area contributed by atoms with Crippen LogP contribution in [0.25, 0.3) is 0 Å². The van der Waals surface area contributed by atoms with Crippen molar-refractivity contribution in [3.8, 4) is 17.2 Å². The van der Waals surface area contributed by atoms with Gasteiger partial charge in [0.1, 0.15) is 0 Å². The van der Waals surface area contributed by atoms with Gasteiger partial charge in [0.2, 0.25) is 5.75 Å². The quantitative estimate of drug-likeness (QED) is 0.651. The Morgan fingerprint density at radius 3 is 2.26 bits per heavy atom. The summed E-state index contributed by atoms with van der Waals surface area (Å²) in [6.45, 7) is 1.83. The Bertz CT molecular complexity index is 686. The summed E-state index contributed by atoms with van der Waals surface area (Å²) in [6.07, 6.45) is 0. The van der Waals surface area contributed by atoms with Gasteiger partial charge < -0.3 is 14.2 Å². The zero-order valence-electron chi connectivity index (χ0n) is 13.4. The zero-order valence-corrected chi connectivity index (χ0v) is 14.2. The summed E-state index contributed by atoms with van der Waals surface area (Å²) in [5.74, 6) is 0.900. The molecule has 0 radical (unpaired) electrons. The van der Waals surface area contributed by atoms with Crippen molar-refractivity contribution in [2.45, 2.75) is 6.92 Å². The van der Waals surface area contributed by atoms with E-state index >= 15 is 0 Å². The molecule has 2 rings (SSSR count). The number of methoxy groups -OCH3 is 3. The Hall–Kier alpha value is -2.54. The van der Waals surface area contributed by atoms with Gasteiger partial charge in [-0.05, 0) is 30.5 Å². The number of ether oxygens (including phenoxy) is 3. The van der Waals surface area contributed by atoms with E-state index in [4.69, 9.17) is 14.2 Å². The monoisotopic (exact) mass is 334 g/mol. The summed E-state index contributed by atoms with van der Waals surface area (Å²) >= 11 is 1.56. The fourth-order valence-electron chi connectivity index (χ4n) is 1.95. The van der Waals surface area contributed by atoms with Crippen molar-refractivity contribution in [2.75, 3.05) is 21.3 Å². The number of carbonyl (C=O) groups excluding carboxylic acids is 1. The SMILES string of the molecule is COc1cc(C(=O)N/N=C(/C)c2cccs2)cc(OC)c1OC. The van der Waals surface area contributed by atoms with Crippen LogP contribution in [0.1, 0.15) is 22.2 Å². The Kier molecular flexibility index (Phi) is 5.59. The van der Waals surface area contributed by atoms with Crippen LogP contribution < -0.4 is 19.6 Å². The van der Waals surface area contributed by atoms with Gasteiger partial charge in [0.05, 0.1) is 27.0 Å². The summed E-state index contributed by atoms with van der Waals surface area (Å²) in [5, 5.41) is 6.06. The average molecular weight is 334 g/mol. The van der Waals surface area contributed by atoms with E-state index in [-0.39, 0.29) is 5.91 Å². The number of hydrogen-bond donors (Lipinski definition) is 1. The smallest absolute Gasteiger partial charge is 0.271 e. The molecule has 1 aromatic carbocycles. The molecule has 0 bridgehead atoms. The lowest BCUT2D eigenvalue weighted by molar-refractivity contribution is 0.0954. The van der Waals surface area contributed by atoms with E-state index in [0.717, 1.165) is 10.6 Å². The molecule has 1 heterocycles. The van der Waals surface area contributed by atoms with Gasteiger partial charge in [-0.15, -0.1) is 11.3 Å². The van der Waals surface area contributed by atoms with E-state index in [0.29, 0.717) is 22.8 Å². The molecule has 0 saturated carbocycles. The second-order valence-corrected chi connectivity index (χ2v) is 5.48. The normalized spacial score (nSPS) is 11.0. The van der Waals surface area contributed by atoms with Gasteiger partial charge in [0.15, 0.2) is 11.5 Å². The largest absolute Gasteiger partial charge is 0.493 e. The van der Waals surface area contributed by atoms with Crippen LogP contribution in [0.4, 0.5) is 0 Å². The van der Waals surface area contributed by atoms with E-state index in [1.54, 1.807) is 23.5 Å². The number of benzene rings is 1. The van der Waals surface area contributed by atoms with Crippen LogP contribution in [-0.4, -0.2) is 32.9 Å². The second-order valence-electron chi connectivity index (χ2n) is 4.53. The second kappa shape index (κ2) is 7.64. The molecule has 122 valence electrons. The molecule has 7 heteroatoms. The van der Waals surface area contributed by atoms with Gasteiger partial charge in [-0.2, -0.15) is 5.10 Å². The number of carbonyl (C=O) groups is 1. The van der Waals surface area contributed by atoms with Crippen molar-refractivity contribution in [3.05, 3.63) is 40.1 Å². The number of nitrogens with zero attached hydrogens (tertiary/aromatic N) is 1. The lowest BCUT2D eigenvalue weighted by Crippen LogP contribution is -2.19. The molecule has 0 spiro atoms. The maximum Gasteiger partial charge on any atom is 0.271 e. The predicted molar refractivity (Wildman–Crippen MR) is 90.1 cm³/mol. The van der Waals surface area contributed by atoms with Crippen molar-refractivity contribution in [1.82, 2.24) is 5.43 Å². The summed E-state index contributed by atoms with van der Waals surface area (Å²) in [5.41, 5.74) is 3.63. The highest BCUT2D eigenvalue weighted by atomic mass is 32.1. The first-order chi connectivity index (χ1) is 11.1. The molecule has 0 fully saturated rings. The summed E-state index contributed by atoms with van der Waals surface area (Å²) in [6, 6.07) is 7.02. The maximum atomic E-state index is 12.3. The average Bonchev–Trinajstić information content (AvgIpc) is 3.12. The number of nitrogens with one attached hydrogen (secondary N) is 1. The van der Waals surface area contributed by atoms with Crippen molar-refractivity contribution < 1.29 is 19.0 Å². The molecular weight excluding hydrogens is 316 g/mol. The molecule has 6 nitrogen and oxygen atoms in total. The van der Waals surface area contributed by atoms with Gasteiger partial charge in [-0.3, -0.25) is 4.79 Å². The Balaban J connectivity index is 2.24. The van der Waals surface area contributed by atoms with Gasteiger partial charge >= 0.3 is 0 Å². The molecule has 1 N–H and O–H groups in total. The van der Waals surface area contributed by atoms with Crippen LogP contribution in [0.15, 0.2) is 34.7 Å². The van der Waals surface area contributed by atoms with Crippen LogP contribution in [0, 0.1) is 0 Å². The molecular formula is C16H18N2O4S. The fourth-order valence-corrected chi connectivity index (χ4v) is 2.63. The standard InChI is InChI=1S/C16H18N2O4S/c1-10(14-6-5-7-23-14)17-18-16(19)11-8-12(20-2)15(22-4)13(9-11)21-3/h5-9H,1-4H3,(H,18,19)/b17-10-. The number of hydrazone groups is 1. The zero-order chi connectivity index (χ0) is 16.8.